The van der Waals surface area contributed by atoms with Gasteiger partial charge in [0.25, 0.3) is 0 Å². The van der Waals surface area contributed by atoms with Gasteiger partial charge in [-0.05, 0) is 24.0 Å². The lowest BCUT2D eigenvalue weighted by Gasteiger charge is -2.14. The monoisotopic (exact) mass is 261 g/mol. The van der Waals surface area contributed by atoms with Gasteiger partial charge in [-0.1, -0.05) is 49.9 Å². The molecule has 104 valence electrons. The number of nitrogens with one attached hydrogen (secondary N) is 1. The molecule has 1 aromatic rings. The van der Waals surface area contributed by atoms with Crippen LogP contribution in [-0.2, 0) is 17.9 Å². The van der Waals surface area contributed by atoms with Crippen LogP contribution in [0.1, 0.15) is 49.7 Å². The van der Waals surface area contributed by atoms with Crippen LogP contribution in [0.15, 0.2) is 24.3 Å². The molecule has 0 aliphatic heterocycles. The fourth-order valence-corrected chi connectivity index (χ4v) is 2.64. The Balaban J connectivity index is 1.81. The Bertz CT molecular complexity index is 392. The number of carbonyl (C=O) groups excluding carboxylic acids is 1. The molecule has 0 radical (unpaired) electrons. The Morgan fingerprint density at radius 1 is 1.05 bits per heavy atom. The second kappa shape index (κ2) is 7.29. The zero-order valence-corrected chi connectivity index (χ0v) is 11.4. The number of benzene rings is 1. The number of aliphatic hydroxyl groups is 1. The summed E-state index contributed by atoms with van der Waals surface area (Å²) in [6, 6.07) is 7.71. The lowest BCUT2D eigenvalue weighted by molar-refractivity contribution is -0.125. The first-order valence-electron chi connectivity index (χ1n) is 7.26. The summed E-state index contributed by atoms with van der Waals surface area (Å²) >= 11 is 0. The van der Waals surface area contributed by atoms with Crippen LogP contribution in [-0.4, -0.2) is 11.0 Å². The highest BCUT2D eigenvalue weighted by atomic mass is 16.3. The molecule has 1 aliphatic rings. The van der Waals surface area contributed by atoms with Crippen LogP contribution in [0, 0.1) is 5.92 Å². The van der Waals surface area contributed by atoms with E-state index in [9.17, 15) is 4.79 Å². The maximum absolute atomic E-state index is 12.1. The van der Waals surface area contributed by atoms with Crippen LogP contribution in [0.25, 0.3) is 0 Å². The van der Waals surface area contributed by atoms with Gasteiger partial charge < -0.3 is 10.4 Å². The molecular weight excluding hydrogens is 238 g/mol. The summed E-state index contributed by atoms with van der Waals surface area (Å²) < 4.78 is 0. The van der Waals surface area contributed by atoms with Crippen LogP contribution in [0.4, 0.5) is 0 Å². The van der Waals surface area contributed by atoms with E-state index in [1.54, 1.807) is 0 Å². The number of rotatable bonds is 4. The number of hydrogen-bond acceptors (Lipinski definition) is 2. The molecule has 1 aromatic carbocycles. The zero-order valence-electron chi connectivity index (χ0n) is 11.4. The summed E-state index contributed by atoms with van der Waals surface area (Å²) in [5, 5.41) is 12.0. The third kappa shape index (κ3) is 4.35. The van der Waals surface area contributed by atoms with Gasteiger partial charge in [0.05, 0.1) is 6.61 Å². The van der Waals surface area contributed by atoms with Gasteiger partial charge in [0.2, 0.25) is 5.91 Å². The first kappa shape index (κ1) is 14.1. The molecule has 1 amide bonds. The fourth-order valence-electron chi connectivity index (χ4n) is 2.64. The molecule has 19 heavy (non-hydrogen) atoms. The van der Waals surface area contributed by atoms with E-state index in [2.05, 4.69) is 5.32 Å². The van der Waals surface area contributed by atoms with E-state index in [0.29, 0.717) is 6.54 Å². The zero-order chi connectivity index (χ0) is 13.5. The molecule has 0 heterocycles. The molecular formula is C16H23NO2. The first-order chi connectivity index (χ1) is 9.29. The highest BCUT2D eigenvalue weighted by molar-refractivity contribution is 5.78. The summed E-state index contributed by atoms with van der Waals surface area (Å²) in [6.45, 7) is 0.649. The predicted octanol–water partition coefficient (Wildman–Crippen LogP) is 2.77. The lowest BCUT2D eigenvalue weighted by atomic mass is 9.99. The van der Waals surface area contributed by atoms with Crippen molar-refractivity contribution in [1.29, 1.82) is 0 Å². The average Bonchev–Trinajstić information content (AvgIpc) is 2.74. The lowest BCUT2D eigenvalue weighted by Crippen LogP contribution is -2.30. The first-order valence-corrected chi connectivity index (χ1v) is 7.26. The minimum Gasteiger partial charge on any atom is -0.392 e. The molecule has 1 aliphatic carbocycles. The standard InChI is InChI=1S/C16H23NO2/c18-12-14-9-7-13(8-10-14)11-17-16(19)15-5-3-1-2-4-6-15/h7-10,15,18H,1-6,11-12H2,(H,17,19). The van der Waals surface area contributed by atoms with Crippen LogP contribution in [0.2, 0.25) is 0 Å². The molecule has 3 nitrogen and oxygen atoms in total. The van der Waals surface area contributed by atoms with Crippen molar-refractivity contribution in [3.05, 3.63) is 35.4 Å². The van der Waals surface area contributed by atoms with Gasteiger partial charge >= 0.3 is 0 Å². The van der Waals surface area contributed by atoms with Gasteiger partial charge in [-0.3, -0.25) is 4.79 Å². The van der Waals surface area contributed by atoms with Crippen molar-refractivity contribution < 1.29 is 9.90 Å². The van der Waals surface area contributed by atoms with Gasteiger partial charge in [-0.2, -0.15) is 0 Å². The average molecular weight is 261 g/mol. The van der Waals surface area contributed by atoms with Crippen molar-refractivity contribution in [2.45, 2.75) is 51.7 Å². The Labute approximate surface area is 115 Å². The van der Waals surface area contributed by atoms with E-state index in [4.69, 9.17) is 5.11 Å². The summed E-state index contributed by atoms with van der Waals surface area (Å²) in [5.74, 6) is 0.410. The summed E-state index contributed by atoms with van der Waals surface area (Å²) in [4.78, 5) is 12.1. The largest absolute Gasteiger partial charge is 0.392 e. The fraction of sp³-hybridized carbons (Fsp3) is 0.562. The quantitative estimate of drug-likeness (QED) is 0.819. The third-order valence-corrected chi connectivity index (χ3v) is 3.90. The van der Waals surface area contributed by atoms with Crippen molar-refractivity contribution in [3.63, 3.8) is 0 Å². The van der Waals surface area contributed by atoms with Gasteiger partial charge in [-0.15, -0.1) is 0 Å². The number of amides is 1. The minimum atomic E-state index is 0.0642. The Kier molecular flexibility index (Phi) is 5.40. The molecule has 0 saturated heterocycles. The van der Waals surface area contributed by atoms with E-state index in [1.807, 2.05) is 24.3 Å². The molecule has 0 aromatic heterocycles. The van der Waals surface area contributed by atoms with Crippen LogP contribution < -0.4 is 5.32 Å². The minimum absolute atomic E-state index is 0.0642. The number of hydrogen-bond donors (Lipinski definition) is 2. The highest BCUT2D eigenvalue weighted by Gasteiger charge is 2.19. The SMILES string of the molecule is O=C(NCc1ccc(CO)cc1)C1CCCCCC1. The molecule has 0 spiro atoms. The number of carbonyl (C=O) groups is 1. The van der Waals surface area contributed by atoms with Crippen LogP contribution >= 0.6 is 0 Å². The maximum atomic E-state index is 12.1. The van der Waals surface area contributed by atoms with E-state index in [-0.39, 0.29) is 18.4 Å². The highest BCUT2D eigenvalue weighted by Crippen LogP contribution is 2.22. The summed E-state index contributed by atoms with van der Waals surface area (Å²) in [6.07, 6.45) is 6.98. The Morgan fingerprint density at radius 2 is 1.63 bits per heavy atom. The molecule has 3 heteroatoms. The summed E-state index contributed by atoms with van der Waals surface area (Å²) in [5.41, 5.74) is 1.98. The van der Waals surface area contributed by atoms with Gasteiger partial charge in [-0.25, -0.2) is 0 Å². The van der Waals surface area contributed by atoms with E-state index in [0.717, 1.165) is 24.0 Å². The van der Waals surface area contributed by atoms with Crippen molar-refractivity contribution >= 4 is 5.91 Å². The molecule has 1 fully saturated rings. The molecule has 0 unspecified atom stereocenters. The smallest absolute Gasteiger partial charge is 0.223 e. The van der Waals surface area contributed by atoms with Crippen LogP contribution in [0.5, 0.6) is 0 Å². The molecule has 2 rings (SSSR count). The van der Waals surface area contributed by atoms with Crippen molar-refractivity contribution in [1.82, 2.24) is 5.32 Å². The van der Waals surface area contributed by atoms with Gasteiger partial charge in [0, 0.05) is 12.5 Å². The number of aliphatic hydroxyl groups excluding tert-OH is 1. The molecule has 0 atom stereocenters. The second-order valence-corrected chi connectivity index (χ2v) is 5.38. The molecule has 0 bridgehead atoms. The van der Waals surface area contributed by atoms with Crippen molar-refractivity contribution in [3.8, 4) is 0 Å². The molecule has 2 N–H and O–H groups in total. The van der Waals surface area contributed by atoms with E-state index >= 15 is 0 Å². The summed E-state index contributed by atoms with van der Waals surface area (Å²) in [7, 11) is 0. The van der Waals surface area contributed by atoms with Crippen molar-refractivity contribution in [2.24, 2.45) is 5.92 Å². The molecule has 1 saturated carbocycles. The normalized spacial score (nSPS) is 16.9. The second-order valence-electron chi connectivity index (χ2n) is 5.38. The van der Waals surface area contributed by atoms with E-state index in [1.165, 1.54) is 25.7 Å². The van der Waals surface area contributed by atoms with Gasteiger partial charge in [0.15, 0.2) is 0 Å². The Hall–Kier alpha value is -1.35. The third-order valence-electron chi connectivity index (χ3n) is 3.90. The topological polar surface area (TPSA) is 49.3 Å². The van der Waals surface area contributed by atoms with Gasteiger partial charge in [0.1, 0.15) is 0 Å². The van der Waals surface area contributed by atoms with Crippen molar-refractivity contribution in [2.75, 3.05) is 0 Å². The Morgan fingerprint density at radius 3 is 2.21 bits per heavy atom. The predicted molar refractivity (Wildman–Crippen MR) is 75.4 cm³/mol. The van der Waals surface area contributed by atoms with Crippen LogP contribution in [0.3, 0.4) is 0 Å². The maximum Gasteiger partial charge on any atom is 0.223 e. The van der Waals surface area contributed by atoms with E-state index < -0.39 is 0 Å².